The summed E-state index contributed by atoms with van der Waals surface area (Å²) in [6.45, 7) is 0. The van der Waals surface area contributed by atoms with E-state index in [4.69, 9.17) is 17.5 Å². The molecular formula is H3NaO4RuS. The fraction of sp³-hybridized carbons (Fsp3) is 0. The van der Waals surface area contributed by atoms with Crippen LogP contribution in [-0.4, -0.2) is 47.1 Å². The van der Waals surface area contributed by atoms with Crippen LogP contribution in [0, 0.1) is 0 Å². The first-order valence-corrected chi connectivity index (χ1v) is 2.10. The van der Waals surface area contributed by atoms with Gasteiger partial charge in [-0.1, -0.05) is 0 Å². The molecule has 0 aromatic rings. The molecule has 0 aromatic carbocycles. The molecule has 0 radical (unpaired) electrons. The van der Waals surface area contributed by atoms with Gasteiger partial charge in [0.1, 0.15) is 0 Å². The van der Waals surface area contributed by atoms with Gasteiger partial charge < -0.3 is 0 Å². The van der Waals surface area contributed by atoms with Gasteiger partial charge >= 0.3 is 40.0 Å². The van der Waals surface area contributed by atoms with Gasteiger partial charge in [-0.25, -0.2) is 0 Å². The van der Waals surface area contributed by atoms with Crippen LogP contribution < -0.4 is 0 Å². The van der Waals surface area contributed by atoms with Crippen LogP contribution in [0.2, 0.25) is 0 Å². The molecular weight excluding hydrogens is 220 g/mol. The molecule has 0 saturated heterocycles. The van der Waals surface area contributed by atoms with Crippen LogP contribution >= 0.6 is 0 Å². The largest absolute Gasteiger partial charge is 0 e. The molecule has 0 heterocycles. The summed E-state index contributed by atoms with van der Waals surface area (Å²) in [4.78, 5) is 0. The molecule has 0 amide bonds. The molecule has 7 heteroatoms. The van der Waals surface area contributed by atoms with Crippen LogP contribution in [-0.2, 0) is 29.9 Å². The Morgan fingerprint density at radius 3 is 1.14 bits per heavy atom. The van der Waals surface area contributed by atoms with E-state index < -0.39 is 10.4 Å². The van der Waals surface area contributed by atoms with E-state index in [1.54, 1.807) is 0 Å². The van der Waals surface area contributed by atoms with Crippen molar-refractivity contribution in [1.29, 1.82) is 0 Å². The minimum absolute atomic E-state index is 0. The summed E-state index contributed by atoms with van der Waals surface area (Å²) in [7, 11) is -4.67. The minimum Gasteiger partial charge on any atom is 0 e. The van der Waals surface area contributed by atoms with Crippen molar-refractivity contribution in [3.05, 3.63) is 0 Å². The van der Waals surface area contributed by atoms with E-state index in [0.717, 1.165) is 0 Å². The first-order chi connectivity index (χ1) is 2.00. The molecule has 0 atom stereocenters. The summed E-state index contributed by atoms with van der Waals surface area (Å²) in [6, 6.07) is 0. The normalized spacial score (nSPS) is 8.29. The van der Waals surface area contributed by atoms with Crippen LogP contribution in [0.3, 0.4) is 0 Å². The van der Waals surface area contributed by atoms with E-state index in [9.17, 15) is 0 Å². The SMILES string of the molecule is O=S(=O)(O)O.[NaH].[Ru]. The maximum atomic E-state index is 8.74. The third-order valence-electron chi connectivity index (χ3n) is 0. The fourth-order valence-electron chi connectivity index (χ4n) is 0. The molecule has 4 nitrogen and oxygen atoms in total. The number of hydrogen-bond donors (Lipinski definition) is 2. The van der Waals surface area contributed by atoms with Crippen molar-refractivity contribution in [2.24, 2.45) is 0 Å². The van der Waals surface area contributed by atoms with Gasteiger partial charge in [0.15, 0.2) is 0 Å². The Hall–Kier alpha value is 1.49. The molecule has 0 aliphatic carbocycles. The van der Waals surface area contributed by atoms with Gasteiger partial charge in [-0.05, 0) is 0 Å². The first-order valence-electron chi connectivity index (χ1n) is 0.698. The summed E-state index contributed by atoms with van der Waals surface area (Å²) in [5, 5.41) is 0. The summed E-state index contributed by atoms with van der Waals surface area (Å²) in [6.07, 6.45) is 0. The second-order valence-corrected chi connectivity index (χ2v) is 1.34. The van der Waals surface area contributed by atoms with Crippen molar-refractivity contribution < 1.29 is 37.0 Å². The van der Waals surface area contributed by atoms with Crippen molar-refractivity contribution in [1.82, 2.24) is 0 Å². The summed E-state index contributed by atoms with van der Waals surface area (Å²) < 4.78 is 31.6. The summed E-state index contributed by atoms with van der Waals surface area (Å²) >= 11 is 0. The van der Waals surface area contributed by atoms with Gasteiger partial charge in [-0.3, -0.25) is 9.11 Å². The van der Waals surface area contributed by atoms with Gasteiger partial charge in [0.05, 0.1) is 0 Å². The van der Waals surface area contributed by atoms with E-state index >= 15 is 0 Å². The average molecular weight is 223 g/mol. The quantitative estimate of drug-likeness (QED) is 0.395. The summed E-state index contributed by atoms with van der Waals surface area (Å²) in [5.41, 5.74) is 0. The molecule has 0 aliphatic rings. The molecule has 7 heavy (non-hydrogen) atoms. The van der Waals surface area contributed by atoms with Crippen LogP contribution in [0.15, 0.2) is 0 Å². The molecule has 2 N–H and O–H groups in total. The zero-order chi connectivity index (χ0) is 4.50. The number of hydrogen-bond acceptors (Lipinski definition) is 2. The Labute approximate surface area is 76.3 Å². The molecule has 0 saturated carbocycles. The Bertz CT molecular complexity index is 94.9. The molecule has 0 bridgehead atoms. The van der Waals surface area contributed by atoms with Crippen molar-refractivity contribution in [3.8, 4) is 0 Å². The Morgan fingerprint density at radius 1 is 1.14 bits per heavy atom. The first kappa shape index (κ1) is 15.8. The zero-order valence-electron chi connectivity index (χ0n) is 2.47. The summed E-state index contributed by atoms with van der Waals surface area (Å²) in [5.74, 6) is 0. The third-order valence-corrected chi connectivity index (χ3v) is 0. The van der Waals surface area contributed by atoms with Crippen molar-refractivity contribution >= 4 is 40.0 Å². The van der Waals surface area contributed by atoms with Crippen molar-refractivity contribution in [2.75, 3.05) is 0 Å². The van der Waals surface area contributed by atoms with Crippen LogP contribution in [0.5, 0.6) is 0 Å². The van der Waals surface area contributed by atoms with Crippen molar-refractivity contribution in [2.45, 2.75) is 0 Å². The average Bonchev–Trinajstić information content (AvgIpc) is 0.722. The maximum absolute atomic E-state index is 8.74. The second-order valence-electron chi connectivity index (χ2n) is 0.448. The van der Waals surface area contributed by atoms with Gasteiger partial charge in [0.25, 0.3) is 0 Å². The zero-order valence-corrected chi connectivity index (χ0v) is 5.03. The van der Waals surface area contributed by atoms with E-state index in [0.29, 0.717) is 0 Å². The van der Waals surface area contributed by atoms with Crippen molar-refractivity contribution in [3.63, 3.8) is 0 Å². The Morgan fingerprint density at radius 2 is 1.14 bits per heavy atom. The predicted octanol–water partition coefficient (Wildman–Crippen LogP) is -1.30. The molecule has 0 fully saturated rings. The number of rotatable bonds is 0. The van der Waals surface area contributed by atoms with Gasteiger partial charge in [-0.2, -0.15) is 8.42 Å². The van der Waals surface area contributed by atoms with Gasteiger partial charge in [0, 0.05) is 19.5 Å². The van der Waals surface area contributed by atoms with Gasteiger partial charge in [0.2, 0.25) is 0 Å². The third kappa shape index (κ3) is 101. The van der Waals surface area contributed by atoms with Crippen LogP contribution in [0.25, 0.3) is 0 Å². The monoisotopic (exact) mass is 224 g/mol. The topological polar surface area (TPSA) is 74.6 Å². The second kappa shape index (κ2) is 5.63. The maximum Gasteiger partial charge on any atom is 0 e. The van der Waals surface area contributed by atoms with E-state index in [1.807, 2.05) is 0 Å². The van der Waals surface area contributed by atoms with Crippen LogP contribution in [0.4, 0.5) is 0 Å². The molecule has 0 aromatic heterocycles. The molecule has 42 valence electrons. The van der Waals surface area contributed by atoms with E-state index in [-0.39, 0.29) is 49.0 Å². The standard InChI is InChI=1S/Na.H2O4S.Ru.H/c;1-5(2,3)4;;/h;(H2,1,2,3,4);;. The Balaban J connectivity index is -0.0000000800. The van der Waals surface area contributed by atoms with E-state index in [2.05, 4.69) is 0 Å². The predicted molar refractivity (Wildman–Crippen MR) is 21.3 cm³/mol. The fourth-order valence-corrected chi connectivity index (χ4v) is 0. The molecule has 0 spiro atoms. The molecule has 0 aliphatic heterocycles. The van der Waals surface area contributed by atoms with E-state index in [1.165, 1.54) is 0 Å². The minimum atomic E-state index is -4.67. The smallest absolute Gasteiger partial charge is 0 e. The molecule has 0 rings (SSSR count). The Kier molecular flexibility index (Phi) is 12.7. The molecule has 0 unspecified atom stereocenters. The van der Waals surface area contributed by atoms with Gasteiger partial charge in [-0.15, -0.1) is 0 Å². The van der Waals surface area contributed by atoms with Crippen LogP contribution in [0.1, 0.15) is 0 Å².